The first-order valence-electron chi connectivity index (χ1n) is 30.2. The zero-order valence-electron chi connectivity index (χ0n) is 48.6. The smallest absolute Gasteiger partial charge is 0.253 e. The van der Waals surface area contributed by atoms with Crippen LogP contribution < -0.4 is 52.1 Å². The predicted octanol–water partition coefficient (Wildman–Crippen LogP) is 17.7. The summed E-state index contributed by atoms with van der Waals surface area (Å²) in [5.41, 5.74) is 24.7. The van der Waals surface area contributed by atoms with Crippen LogP contribution in [0, 0.1) is 24.3 Å². The van der Waals surface area contributed by atoms with E-state index in [-0.39, 0.29) is 13.4 Å². The minimum atomic E-state index is -0.0784. The van der Waals surface area contributed by atoms with Crippen LogP contribution in [0.3, 0.4) is 0 Å². The van der Waals surface area contributed by atoms with E-state index in [1.165, 1.54) is 138 Å². The summed E-state index contributed by atoms with van der Waals surface area (Å²) < 4.78 is 15.3. The Morgan fingerprint density at radius 3 is 1.55 bits per heavy atom. The second kappa shape index (κ2) is 23.4. The van der Waals surface area contributed by atoms with E-state index in [1.807, 2.05) is 23.5 Å². The Balaban J connectivity index is 1.06. The number of aryl methyl sites for hydroxylation is 7. The average Bonchev–Trinajstić information content (AvgIpc) is 1.21. The van der Waals surface area contributed by atoms with Crippen LogP contribution in [0.4, 0.5) is 34.1 Å². The summed E-state index contributed by atoms with van der Waals surface area (Å²) in [5, 5.41) is 0. The molecule has 0 aliphatic carbocycles. The van der Waals surface area contributed by atoms with Crippen LogP contribution in [0.15, 0.2) is 177 Å². The summed E-state index contributed by atoms with van der Waals surface area (Å²) in [6.07, 6.45) is 13.6. The van der Waals surface area contributed by atoms with Crippen LogP contribution in [0.5, 0.6) is 23.0 Å². The van der Waals surface area contributed by atoms with E-state index in [0.717, 1.165) is 91.4 Å². The van der Waals surface area contributed by atoms with Crippen molar-refractivity contribution in [3.63, 3.8) is 0 Å². The zero-order valence-corrected chi connectivity index (χ0v) is 52.3. The second-order valence-corrected chi connectivity index (χ2v) is 26.7. The van der Waals surface area contributed by atoms with Crippen molar-refractivity contribution in [2.45, 2.75) is 145 Å². The van der Waals surface area contributed by atoms with Crippen molar-refractivity contribution in [2.24, 2.45) is 0 Å². The molecule has 0 saturated carbocycles. The third kappa shape index (κ3) is 10.4. The van der Waals surface area contributed by atoms with Crippen LogP contribution in [-0.2, 0) is 25.7 Å². The molecule has 4 aliphatic rings. The summed E-state index contributed by atoms with van der Waals surface area (Å²) in [4.78, 5) is 10.4. The highest BCUT2D eigenvalue weighted by Gasteiger charge is 2.48. The Morgan fingerprint density at radius 2 is 0.915 bits per heavy atom. The van der Waals surface area contributed by atoms with E-state index < -0.39 is 0 Å². The van der Waals surface area contributed by atoms with Gasteiger partial charge in [-0.05, 0) is 235 Å². The predicted molar refractivity (Wildman–Crippen MR) is 361 cm³/mol. The third-order valence-corrected chi connectivity index (χ3v) is 20.3. The number of rotatable bonds is 18. The molecule has 0 N–H and O–H groups in total. The fourth-order valence-electron chi connectivity index (χ4n) is 13.3. The summed E-state index contributed by atoms with van der Waals surface area (Å²) in [6, 6.07) is 60.3. The first-order valence-corrected chi connectivity index (χ1v) is 32.9. The van der Waals surface area contributed by atoms with Gasteiger partial charge < -0.3 is 19.3 Å². The number of hydrogen-bond donors (Lipinski definition) is 0. The zero-order chi connectivity index (χ0) is 56.2. The molecule has 9 aromatic rings. The third-order valence-electron chi connectivity index (χ3n) is 17.1. The molecule has 9 aromatic carbocycles. The van der Waals surface area contributed by atoms with E-state index >= 15 is 0 Å². The van der Waals surface area contributed by atoms with Crippen LogP contribution >= 0.6 is 46.1 Å². The molecule has 9 heteroatoms. The Kier molecular flexibility index (Phi) is 15.7. The van der Waals surface area contributed by atoms with Gasteiger partial charge in [-0.25, -0.2) is 0 Å². The maximum Gasteiger partial charge on any atom is 0.253 e. The van der Waals surface area contributed by atoms with Crippen LogP contribution in [0.1, 0.15) is 118 Å². The molecule has 13 rings (SSSR count). The summed E-state index contributed by atoms with van der Waals surface area (Å²) in [5.74, 6) is 3.41. The van der Waals surface area contributed by atoms with Gasteiger partial charge in [-0.2, -0.15) is 0 Å². The van der Waals surface area contributed by atoms with Gasteiger partial charge in [0.1, 0.15) is 23.0 Å². The largest absolute Gasteiger partial charge is 0.457 e. The lowest BCUT2D eigenvalue weighted by Gasteiger charge is -2.45. The van der Waals surface area contributed by atoms with Gasteiger partial charge in [0.15, 0.2) is 0 Å². The number of ether oxygens (including phenoxy) is 2. The number of unbranched alkanes of at least 4 members (excludes halogenated alkanes) is 4. The van der Waals surface area contributed by atoms with Crippen LogP contribution in [0.2, 0.25) is 0 Å². The molecule has 4 nitrogen and oxygen atoms in total. The van der Waals surface area contributed by atoms with Crippen LogP contribution in [-0.4, -0.2) is 13.4 Å². The highest BCUT2D eigenvalue weighted by Crippen LogP contribution is 2.50. The van der Waals surface area contributed by atoms with Crippen molar-refractivity contribution in [3.05, 3.63) is 200 Å². The Morgan fingerprint density at radius 1 is 0.390 bits per heavy atom. The van der Waals surface area contributed by atoms with Gasteiger partial charge in [0.2, 0.25) is 6.71 Å². The molecule has 0 amide bonds. The molecule has 0 atom stereocenters. The topological polar surface area (TPSA) is 24.9 Å². The maximum absolute atomic E-state index is 7.16. The number of halogens is 1. The molecule has 0 aromatic heterocycles. The molecule has 82 heavy (non-hydrogen) atoms. The number of anilines is 6. The normalized spacial score (nSPS) is 13.3. The quantitative estimate of drug-likeness (QED) is 0.0627. The number of nitrogens with zero attached hydrogens (tertiary/aromatic N) is 2. The lowest BCUT2D eigenvalue weighted by molar-refractivity contribution is 0.480. The minimum Gasteiger partial charge on any atom is -0.457 e. The SMILES string of the molecule is CCCCc1ccc(Oc2cc3c4c(c2)Sc2cc(C)cc(CCCC)c2B4c2cc4c(cc2S3)N(c2ccccc2)c2cc(Oc3ccc(CCCC)cc3)cc3c2B4c2c(I)cc(C)cc2N3c2cc(C)cc(CCCC)c2)cc1. The number of hydrogen-bond acceptors (Lipinski definition) is 6. The Hall–Kier alpha value is -6.26. The van der Waals surface area contributed by atoms with Gasteiger partial charge in [-0.15, -0.1) is 0 Å². The molecular weight excluding hydrogens is 1150 g/mol. The molecule has 0 saturated heterocycles. The van der Waals surface area contributed by atoms with Gasteiger partial charge in [-0.3, -0.25) is 0 Å². The summed E-state index contributed by atoms with van der Waals surface area (Å²) in [6.45, 7) is 15.9. The fourth-order valence-corrected chi connectivity index (χ4v) is 17.0. The molecular formula is C73H71B2IN2O2S2. The van der Waals surface area contributed by atoms with E-state index in [2.05, 4.69) is 239 Å². The molecule has 0 bridgehead atoms. The lowest BCUT2D eigenvalue weighted by Crippen LogP contribution is -2.65. The summed E-state index contributed by atoms with van der Waals surface area (Å²) in [7, 11) is 0. The van der Waals surface area contributed by atoms with E-state index in [0.29, 0.717) is 0 Å². The molecule has 410 valence electrons. The van der Waals surface area contributed by atoms with Gasteiger partial charge in [0.05, 0.1) is 0 Å². The van der Waals surface area contributed by atoms with Crippen LogP contribution in [0.25, 0.3) is 0 Å². The van der Waals surface area contributed by atoms with Gasteiger partial charge >= 0.3 is 0 Å². The maximum atomic E-state index is 7.16. The van der Waals surface area contributed by atoms with Gasteiger partial charge in [0.25, 0.3) is 6.71 Å². The highest BCUT2D eigenvalue weighted by atomic mass is 127. The molecule has 0 unspecified atom stereocenters. The number of fused-ring (bicyclic) bond motifs is 8. The molecule has 4 heterocycles. The van der Waals surface area contributed by atoms with E-state index in [1.54, 1.807) is 0 Å². The van der Waals surface area contributed by atoms with Crippen molar-refractivity contribution in [3.8, 4) is 23.0 Å². The fraction of sp³-hybridized carbons (Fsp3) is 0.260. The lowest BCUT2D eigenvalue weighted by atomic mass is 9.31. The number of benzene rings is 9. The van der Waals surface area contributed by atoms with Crippen molar-refractivity contribution in [1.82, 2.24) is 0 Å². The van der Waals surface area contributed by atoms with E-state index in [9.17, 15) is 0 Å². The standard InChI is InChI=1S/C73H71B2IN2O2S2/c1-8-12-19-49-25-29-55(30-26-49)79-57-40-64-72-65(41-57)78(54-35-46(5)33-51(39-54)21-14-10-3)63-37-48(7)36-61(76)71(63)74(72)59-44-60-66(45-62(59)77(64)53-23-17-16-18-24-53)81-68-42-58(80-56-31-27-50(28-32-56)20-13-9-2)43-69-73(68)75(60)70-52(22-15-11-4)34-47(6)38-67(70)82-69/h16-18,23-45H,8-15,19-22H2,1-7H3. The minimum absolute atomic E-state index is 0.0443. The highest BCUT2D eigenvalue weighted by molar-refractivity contribution is 14.1. The first-order chi connectivity index (χ1) is 40.1. The monoisotopic (exact) mass is 1220 g/mol. The Bertz CT molecular complexity index is 3900. The molecule has 0 spiro atoms. The molecule has 0 fully saturated rings. The van der Waals surface area contributed by atoms with Gasteiger partial charge in [-0.1, -0.05) is 154 Å². The van der Waals surface area contributed by atoms with Crippen molar-refractivity contribution in [1.29, 1.82) is 0 Å². The van der Waals surface area contributed by atoms with Crippen molar-refractivity contribution >= 4 is 126 Å². The molecule has 0 radical (unpaired) electrons. The number of para-hydroxylation sites is 1. The first kappa shape index (κ1) is 55.0. The van der Waals surface area contributed by atoms with Crippen molar-refractivity contribution in [2.75, 3.05) is 9.80 Å². The molecule has 4 aliphatic heterocycles. The Labute approximate surface area is 510 Å². The van der Waals surface area contributed by atoms with Gasteiger partial charge in [0, 0.05) is 69.4 Å². The average molecular weight is 1220 g/mol. The van der Waals surface area contributed by atoms with Crippen molar-refractivity contribution < 1.29 is 9.47 Å². The van der Waals surface area contributed by atoms with E-state index in [4.69, 9.17) is 9.47 Å². The second-order valence-electron chi connectivity index (χ2n) is 23.3. The summed E-state index contributed by atoms with van der Waals surface area (Å²) >= 11 is 6.53.